The summed E-state index contributed by atoms with van der Waals surface area (Å²) in [6.07, 6.45) is 6.41. The number of rotatable bonds is 6. The summed E-state index contributed by atoms with van der Waals surface area (Å²) >= 11 is 0. The van der Waals surface area contributed by atoms with Gasteiger partial charge in [-0.15, -0.1) is 0 Å². The highest BCUT2D eigenvalue weighted by Gasteiger charge is 2.33. The van der Waals surface area contributed by atoms with Gasteiger partial charge in [-0.05, 0) is 46.0 Å². The van der Waals surface area contributed by atoms with E-state index in [1.54, 1.807) is 0 Å². The molecule has 0 aromatic heterocycles. The maximum absolute atomic E-state index is 6.44. The van der Waals surface area contributed by atoms with Gasteiger partial charge in [0, 0.05) is 31.3 Å². The molecule has 2 rings (SSSR count). The maximum Gasteiger partial charge on any atom is 0.0594 e. The van der Waals surface area contributed by atoms with E-state index in [0.717, 1.165) is 39.3 Å². The topological polar surface area (TPSA) is 47.7 Å². The van der Waals surface area contributed by atoms with E-state index in [9.17, 15) is 0 Å². The third-order valence-corrected chi connectivity index (χ3v) is 4.80. The standard InChI is InChI=1S/C15H30N2O2/c1-15(2,17-8-11-18-12-9-17)14(16)7-3-5-13-6-4-10-19-13/h13-14H,3-12,16H2,1-2H3. The minimum atomic E-state index is 0.0698. The predicted octanol–water partition coefficient (Wildman–Crippen LogP) is 1.77. The second-order valence-electron chi connectivity index (χ2n) is 6.43. The summed E-state index contributed by atoms with van der Waals surface area (Å²) in [7, 11) is 0. The summed E-state index contributed by atoms with van der Waals surface area (Å²) in [6.45, 7) is 9.19. The van der Waals surface area contributed by atoms with E-state index in [0.29, 0.717) is 6.10 Å². The first kappa shape index (κ1) is 15.2. The molecule has 0 saturated carbocycles. The van der Waals surface area contributed by atoms with Gasteiger partial charge < -0.3 is 15.2 Å². The number of morpholine rings is 1. The van der Waals surface area contributed by atoms with Crippen LogP contribution in [0, 0.1) is 0 Å². The Kier molecular flexibility index (Phi) is 5.63. The summed E-state index contributed by atoms with van der Waals surface area (Å²) in [5.74, 6) is 0. The molecule has 4 nitrogen and oxygen atoms in total. The van der Waals surface area contributed by atoms with E-state index < -0.39 is 0 Å². The van der Waals surface area contributed by atoms with Crippen molar-refractivity contribution >= 4 is 0 Å². The van der Waals surface area contributed by atoms with Crippen molar-refractivity contribution in [1.82, 2.24) is 4.90 Å². The van der Waals surface area contributed by atoms with Crippen molar-refractivity contribution in [3.05, 3.63) is 0 Å². The number of hydrogen-bond acceptors (Lipinski definition) is 4. The van der Waals surface area contributed by atoms with E-state index in [4.69, 9.17) is 15.2 Å². The molecule has 0 amide bonds. The third-order valence-electron chi connectivity index (χ3n) is 4.80. The highest BCUT2D eigenvalue weighted by Crippen LogP contribution is 2.24. The number of ether oxygens (including phenoxy) is 2. The van der Waals surface area contributed by atoms with Crippen LogP contribution in [-0.4, -0.2) is 55.5 Å². The van der Waals surface area contributed by atoms with Gasteiger partial charge in [-0.3, -0.25) is 4.90 Å². The van der Waals surface area contributed by atoms with Gasteiger partial charge in [-0.2, -0.15) is 0 Å². The number of hydrogen-bond donors (Lipinski definition) is 1. The van der Waals surface area contributed by atoms with Crippen LogP contribution in [0.4, 0.5) is 0 Å². The smallest absolute Gasteiger partial charge is 0.0594 e. The zero-order valence-corrected chi connectivity index (χ0v) is 12.6. The van der Waals surface area contributed by atoms with Gasteiger partial charge in [0.15, 0.2) is 0 Å². The number of nitrogens with two attached hydrogens (primary N) is 1. The van der Waals surface area contributed by atoms with Crippen LogP contribution < -0.4 is 5.73 Å². The molecule has 2 atom stereocenters. The van der Waals surface area contributed by atoms with Crippen molar-refractivity contribution < 1.29 is 9.47 Å². The van der Waals surface area contributed by atoms with Gasteiger partial charge in [0.25, 0.3) is 0 Å². The van der Waals surface area contributed by atoms with E-state index in [1.807, 2.05) is 0 Å². The zero-order chi connectivity index (χ0) is 13.7. The second kappa shape index (κ2) is 7.02. The SMILES string of the molecule is CC(C)(C(N)CCCC1CCCO1)N1CCOCC1. The Morgan fingerprint density at radius 3 is 2.63 bits per heavy atom. The molecule has 0 aromatic carbocycles. The van der Waals surface area contributed by atoms with E-state index in [-0.39, 0.29) is 11.6 Å². The van der Waals surface area contributed by atoms with Gasteiger partial charge in [-0.25, -0.2) is 0 Å². The first-order chi connectivity index (χ1) is 9.10. The largest absolute Gasteiger partial charge is 0.379 e. The average molecular weight is 270 g/mol. The molecule has 2 unspecified atom stereocenters. The Morgan fingerprint density at radius 1 is 1.26 bits per heavy atom. The average Bonchev–Trinajstić information content (AvgIpc) is 2.93. The molecule has 0 aliphatic carbocycles. The fourth-order valence-electron chi connectivity index (χ4n) is 3.16. The lowest BCUT2D eigenvalue weighted by molar-refractivity contribution is -0.0201. The Morgan fingerprint density at radius 2 is 2.00 bits per heavy atom. The Hall–Kier alpha value is -0.160. The van der Waals surface area contributed by atoms with Crippen LogP contribution in [0.5, 0.6) is 0 Å². The first-order valence-electron chi connectivity index (χ1n) is 7.80. The van der Waals surface area contributed by atoms with Crippen molar-refractivity contribution in [3.8, 4) is 0 Å². The molecule has 0 aromatic rings. The van der Waals surface area contributed by atoms with Crippen molar-refractivity contribution in [2.24, 2.45) is 5.73 Å². The van der Waals surface area contributed by atoms with Gasteiger partial charge in [0.05, 0.1) is 19.3 Å². The molecule has 2 fully saturated rings. The molecule has 2 aliphatic heterocycles. The Balaban J connectivity index is 1.71. The second-order valence-corrected chi connectivity index (χ2v) is 6.43. The first-order valence-corrected chi connectivity index (χ1v) is 7.80. The van der Waals surface area contributed by atoms with E-state index in [1.165, 1.54) is 25.7 Å². The van der Waals surface area contributed by atoms with Crippen LogP contribution in [0.15, 0.2) is 0 Å². The molecule has 0 spiro atoms. The monoisotopic (exact) mass is 270 g/mol. The van der Waals surface area contributed by atoms with Crippen molar-refractivity contribution in [2.45, 2.75) is 63.6 Å². The quantitative estimate of drug-likeness (QED) is 0.799. The molecule has 2 saturated heterocycles. The molecular formula is C15H30N2O2. The van der Waals surface area contributed by atoms with Crippen LogP contribution >= 0.6 is 0 Å². The van der Waals surface area contributed by atoms with Gasteiger partial charge in [0.2, 0.25) is 0 Å². The highest BCUT2D eigenvalue weighted by molar-refractivity contribution is 4.92. The minimum Gasteiger partial charge on any atom is -0.379 e. The lowest BCUT2D eigenvalue weighted by Gasteiger charge is -2.44. The van der Waals surface area contributed by atoms with E-state index in [2.05, 4.69) is 18.7 Å². The Bertz CT molecular complexity index is 259. The zero-order valence-electron chi connectivity index (χ0n) is 12.6. The molecule has 2 N–H and O–H groups in total. The highest BCUT2D eigenvalue weighted by atomic mass is 16.5. The van der Waals surface area contributed by atoms with Crippen LogP contribution in [0.3, 0.4) is 0 Å². The summed E-state index contributed by atoms with van der Waals surface area (Å²) in [4.78, 5) is 2.48. The normalized spacial score (nSPS) is 27.6. The maximum atomic E-state index is 6.44. The minimum absolute atomic E-state index is 0.0698. The molecular weight excluding hydrogens is 240 g/mol. The Labute approximate surface area is 117 Å². The van der Waals surface area contributed by atoms with Gasteiger partial charge >= 0.3 is 0 Å². The lowest BCUT2D eigenvalue weighted by atomic mass is 9.88. The predicted molar refractivity (Wildman–Crippen MR) is 77.3 cm³/mol. The summed E-state index contributed by atoms with van der Waals surface area (Å²) in [5.41, 5.74) is 6.51. The summed E-state index contributed by atoms with van der Waals surface area (Å²) in [6, 6.07) is 0.229. The fourth-order valence-corrected chi connectivity index (χ4v) is 3.16. The molecule has 0 bridgehead atoms. The summed E-state index contributed by atoms with van der Waals surface area (Å²) < 4.78 is 11.1. The fraction of sp³-hybridized carbons (Fsp3) is 1.00. The number of nitrogens with zero attached hydrogens (tertiary/aromatic N) is 1. The molecule has 2 heterocycles. The van der Waals surface area contributed by atoms with Crippen molar-refractivity contribution in [2.75, 3.05) is 32.9 Å². The third kappa shape index (κ3) is 4.15. The molecule has 4 heteroatoms. The van der Waals surface area contributed by atoms with Crippen molar-refractivity contribution in [1.29, 1.82) is 0 Å². The van der Waals surface area contributed by atoms with Gasteiger partial charge in [0.1, 0.15) is 0 Å². The van der Waals surface area contributed by atoms with E-state index >= 15 is 0 Å². The van der Waals surface area contributed by atoms with Crippen LogP contribution in [0.1, 0.15) is 46.0 Å². The summed E-state index contributed by atoms with van der Waals surface area (Å²) in [5, 5.41) is 0. The van der Waals surface area contributed by atoms with Crippen LogP contribution in [0.25, 0.3) is 0 Å². The lowest BCUT2D eigenvalue weighted by Crippen LogP contribution is -2.59. The molecule has 2 aliphatic rings. The molecule has 112 valence electrons. The molecule has 0 radical (unpaired) electrons. The van der Waals surface area contributed by atoms with Gasteiger partial charge in [-0.1, -0.05) is 0 Å². The molecule has 19 heavy (non-hydrogen) atoms. The van der Waals surface area contributed by atoms with Crippen molar-refractivity contribution in [3.63, 3.8) is 0 Å². The van der Waals surface area contributed by atoms with Crippen LogP contribution in [0.2, 0.25) is 0 Å². The van der Waals surface area contributed by atoms with Crippen LogP contribution in [-0.2, 0) is 9.47 Å².